The second kappa shape index (κ2) is 8.89. The predicted octanol–water partition coefficient (Wildman–Crippen LogP) is 4.40. The van der Waals surface area contributed by atoms with Gasteiger partial charge in [-0.3, -0.25) is 9.59 Å². The van der Waals surface area contributed by atoms with Crippen molar-refractivity contribution in [2.75, 3.05) is 5.32 Å². The summed E-state index contributed by atoms with van der Waals surface area (Å²) in [4.78, 5) is 31.7. The first-order valence-corrected chi connectivity index (χ1v) is 10.2. The number of nitrogens with one attached hydrogen (secondary N) is 2. The molecule has 0 saturated heterocycles. The Morgan fingerprint density at radius 3 is 2.70 bits per heavy atom. The van der Waals surface area contributed by atoms with Gasteiger partial charge in [-0.2, -0.15) is 18.3 Å². The first kappa shape index (κ1) is 22.3. The Balaban J connectivity index is 1.43. The molecule has 0 unspecified atom stereocenters. The summed E-state index contributed by atoms with van der Waals surface area (Å²) in [6.07, 6.45) is -3.55. The Hall–Kier alpha value is -3.95. The van der Waals surface area contributed by atoms with E-state index in [1.165, 1.54) is 16.8 Å². The van der Waals surface area contributed by atoms with Crippen LogP contribution in [-0.2, 0) is 17.4 Å². The third kappa shape index (κ3) is 5.11. The van der Waals surface area contributed by atoms with E-state index in [4.69, 9.17) is 0 Å². The van der Waals surface area contributed by atoms with Crippen LogP contribution in [0.5, 0.6) is 0 Å². The smallest absolute Gasteiger partial charge is 0.311 e. The first-order valence-electron chi connectivity index (χ1n) is 10.2. The molecule has 0 aliphatic rings. The highest BCUT2D eigenvalue weighted by Gasteiger charge is 2.30. The van der Waals surface area contributed by atoms with Crippen molar-refractivity contribution in [1.29, 1.82) is 0 Å². The molecule has 1 amide bonds. The van der Waals surface area contributed by atoms with Crippen LogP contribution in [0.3, 0.4) is 0 Å². The summed E-state index contributed by atoms with van der Waals surface area (Å²) >= 11 is 0. The van der Waals surface area contributed by atoms with Gasteiger partial charge in [-0.25, -0.2) is 9.67 Å². The molecule has 2 heterocycles. The van der Waals surface area contributed by atoms with Crippen LogP contribution in [-0.4, -0.2) is 25.7 Å². The predicted molar refractivity (Wildman–Crippen MR) is 117 cm³/mol. The molecule has 170 valence electrons. The Morgan fingerprint density at radius 1 is 1.12 bits per heavy atom. The summed E-state index contributed by atoms with van der Waals surface area (Å²) in [5, 5.41) is 7.41. The van der Waals surface area contributed by atoms with E-state index < -0.39 is 11.7 Å². The fourth-order valence-electron chi connectivity index (χ4n) is 3.47. The van der Waals surface area contributed by atoms with Crippen LogP contribution in [0.2, 0.25) is 0 Å². The first-order chi connectivity index (χ1) is 15.7. The molecule has 0 spiro atoms. The zero-order valence-electron chi connectivity index (χ0n) is 17.6. The highest BCUT2D eigenvalue weighted by atomic mass is 19.4. The van der Waals surface area contributed by atoms with Crippen molar-refractivity contribution in [1.82, 2.24) is 19.7 Å². The number of para-hydroxylation sites is 1. The summed E-state index contributed by atoms with van der Waals surface area (Å²) in [5.41, 5.74) is 0.274. The number of carbonyl (C=O) groups excluding carboxylic acids is 1. The van der Waals surface area contributed by atoms with Crippen molar-refractivity contribution in [3.63, 3.8) is 0 Å². The Bertz CT molecular complexity index is 1370. The van der Waals surface area contributed by atoms with Gasteiger partial charge in [0.05, 0.1) is 27.8 Å². The molecule has 0 radical (unpaired) electrons. The number of amides is 1. The molecule has 4 aromatic rings. The summed E-state index contributed by atoms with van der Waals surface area (Å²) in [5.74, 6) is 0.427. The third-order valence-corrected chi connectivity index (χ3v) is 5.00. The second-order valence-corrected chi connectivity index (χ2v) is 7.56. The second-order valence-electron chi connectivity index (χ2n) is 7.56. The maximum Gasteiger partial charge on any atom is 0.416 e. The van der Waals surface area contributed by atoms with E-state index in [2.05, 4.69) is 20.4 Å². The van der Waals surface area contributed by atoms with Crippen molar-refractivity contribution in [3.05, 3.63) is 82.0 Å². The molecule has 4 rings (SSSR count). The maximum atomic E-state index is 13.1. The van der Waals surface area contributed by atoms with Crippen LogP contribution in [0.4, 0.5) is 19.0 Å². The lowest BCUT2D eigenvalue weighted by atomic mass is 10.2. The van der Waals surface area contributed by atoms with Gasteiger partial charge in [-0.15, -0.1) is 0 Å². The number of benzene rings is 2. The molecule has 2 aromatic carbocycles. The number of hydrogen-bond acceptors (Lipinski definition) is 4. The normalized spacial score (nSPS) is 11.6. The topological polar surface area (TPSA) is 92.7 Å². The minimum Gasteiger partial charge on any atom is -0.311 e. The van der Waals surface area contributed by atoms with Gasteiger partial charge in [0.2, 0.25) is 5.91 Å². The number of fused-ring (bicyclic) bond motifs is 1. The van der Waals surface area contributed by atoms with E-state index in [-0.39, 0.29) is 29.4 Å². The molecule has 0 saturated carbocycles. The van der Waals surface area contributed by atoms with E-state index in [9.17, 15) is 22.8 Å². The summed E-state index contributed by atoms with van der Waals surface area (Å²) in [6.45, 7) is 1.68. The number of nitrogens with zero attached hydrogens (tertiary/aromatic N) is 3. The number of alkyl halides is 3. The van der Waals surface area contributed by atoms with Crippen LogP contribution in [0.25, 0.3) is 16.6 Å². The fourth-order valence-corrected chi connectivity index (χ4v) is 3.47. The Labute approximate surface area is 186 Å². The van der Waals surface area contributed by atoms with Crippen molar-refractivity contribution in [3.8, 4) is 5.69 Å². The number of aromatic nitrogens is 4. The molecule has 10 heteroatoms. The molecule has 0 aliphatic carbocycles. The molecule has 0 bridgehead atoms. The van der Waals surface area contributed by atoms with Crippen LogP contribution in [0.15, 0.2) is 59.4 Å². The van der Waals surface area contributed by atoms with Crippen molar-refractivity contribution in [2.24, 2.45) is 0 Å². The molecule has 0 fully saturated rings. The Morgan fingerprint density at radius 2 is 1.91 bits per heavy atom. The van der Waals surface area contributed by atoms with E-state index in [0.29, 0.717) is 35.3 Å². The lowest BCUT2D eigenvalue weighted by Crippen LogP contribution is -2.16. The van der Waals surface area contributed by atoms with Crippen LogP contribution >= 0.6 is 0 Å². The number of rotatable bonds is 6. The van der Waals surface area contributed by atoms with Crippen molar-refractivity contribution in [2.45, 2.75) is 32.4 Å². The number of aromatic amines is 1. The van der Waals surface area contributed by atoms with Gasteiger partial charge in [-0.1, -0.05) is 18.2 Å². The van der Waals surface area contributed by atoms with Gasteiger partial charge >= 0.3 is 6.18 Å². The van der Waals surface area contributed by atoms with Gasteiger partial charge in [0.25, 0.3) is 5.56 Å². The maximum absolute atomic E-state index is 13.1. The minimum atomic E-state index is -4.49. The van der Waals surface area contributed by atoms with Gasteiger partial charge in [0.15, 0.2) is 0 Å². The van der Waals surface area contributed by atoms with Gasteiger partial charge < -0.3 is 10.3 Å². The van der Waals surface area contributed by atoms with Crippen LogP contribution in [0, 0.1) is 6.92 Å². The standard InChI is InChI=1S/C23H20F3N5O2/c1-14-12-20(31(30-14)16-7-4-6-15(13-16)23(24,25)26)29-21(32)11-5-10-19-27-18-9-3-2-8-17(18)22(33)28-19/h2-4,6-9,12-13H,5,10-11H2,1H3,(H,29,32)(H,27,28,33). The highest BCUT2D eigenvalue weighted by Crippen LogP contribution is 2.31. The van der Waals surface area contributed by atoms with Crippen molar-refractivity contribution >= 4 is 22.6 Å². The van der Waals surface area contributed by atoms with Crippen LogP contribution < -0.4 is 10.9 Å². The number of hydrogen-bond donors (Lipinski definition) is 2. The lowest BCUT2D eigenvalue weighted by molar-refractivity contribution is -0.137. The molecule has 33 heavy (non-hydrogen) atoms. The lowest BCUT2D eigenvalue weighted by Gasteiger charge is -2.12. The number of H-pyrrole nitrogens is 1. The molecule has 0 aliphatic heterocycles. The average Bonchev–Trinajstić information content (AvgIpc) is 3.13. The Kier molecular flexibility index (Phi) is 5.99. The highest BCUT2D eigenvalue weighted by molar-refractivity contribution is 5.90. The largest absolute Gasteiger partial charge is 0.416 e. The van der Waals surface area contributed by atoms with E-state index in [1.54, 1.807) is 37.3 Å². The molecular weight excluding hydrogens is 435 g/mol. The number of carbonyl (C=O) groups is 1. The average molecular weight is 455 g/mol. The van der Waals surface area contributed by atoms with Crippen LogP contribution in [0.1, 0.15) is 29.9 Å². The zero-order valence-corrected chi connectivity index (χ0v) is 17.6. The minimum absolute atomic E-state index is 0.128. The zero-order chi connectivity index (χ0) is 23.6. The van der Waals surface area contributed by atoms with E-state index in [0.717, 1.165) is 12.1 Å². The summed E-state index contributed by atoms with van der Waals surface area (Å²) < 4.78 is 40.5. The number of anilines is 1. The monoisotopic (exact) mass is 455 g/mol. The fraction of sp³-hybridized carbons (Fsp3) is 0.217. The van der Waals surface area contributed by atoms with Gasteiger partial charge in [-0.05, 0) is 43.7 Å². The van der Waals surface area contributed by atoms with Gasteiger partial charge in [0.1, 0.15) is 11.6 Å². The third-order valence-electron chi connectivity index (χ3n) is 5.00. The SMILES string of the molecule is Cc1cc(NC(=O)CCCc2nc3ccccc3c(=O)[nH]2)n(-c2cccc(C(F)(F)F)c2)n1. The number of halogens is 3. The molecule has 2 N–H and O–H groups in total. The van der Waals surface area contributed by atoms with Crippen molar-refractivity contribution < 1.29 is 18.0 Å². The van der Waals surface area contributed by atoms with E-state index >= 15 is 0 Å². The summed E-state index contributed by atoms with van der Waals surface area (Å²) in [7, 11) is 0. The van der Waals surface area contributed by atoms with Gasteiger partial charge in [0, 0.05) is 18.9 Å². The molecule has 7 nitrogen and oxygen atoms in total. The molecule has 2 aromatic heterocycles. The quantitative estimate of drug-likeness (QED) is 0.451. The molecular formula is C23H20F3N5O2. The summed E-state index contributed by atoms with van der Waals surface area (Å²) in [6, 6.07) is 13.3. The molecule has 0 atom stereocenters. The van der Waals surface area contributed by atoms with E-state index in [1.807, 2.05) is 0 Å². The number of aryl methyl sites for hydroxylation is 2.